The Morgan fingerprint density at radius 2 is 2.03 bits per heavy atom. The number of aromatic nitrogens is 4. The number of hydrogen-bond acceptors (Lipinski definition) is 5. The molecule has 2 atom stereocenters. The van der Waals surface area contributed by atoms with Crippen molar-refractivity contribution in [1.82, 2.24) is 24.0 Å². The summed E-state index contributed by atoms with van der Waals surface area (Å²) in [5.74, 6) is 1.50. The molecule has 3 N–H and O–H groups in total. The highest BCUT2D eigenvalue weighted by atomic mass is 35.5. The summed E-state index contributed by atoms with van der Waals surface area (Å²) >= 11 is 0. The molecule has 0 unspecified atom stereocenters. The number of halogens is 1. The zero-order valence-electron chi connectivity index (χ0n) is 19.1. The molecule has 1 amide bonds. The Morgan fingerprint density at radius 3 is 2.79 bits per heavy atom. The number of nitrogens with zero attached hydrogens (tertiary/aromatic N) is 5. The molecule has 0 radical (unpaired) electrons. The number of likely N-dealkylation sites (tertiary alicyclic amines) is 1. The number of rotatable bonds is 4. The molecule has 0 bridgehead atoms. The van der Waals surface area contributed by atoms with Crippen molar-refractivity contribution in [1.29, 1.82) is 0 Å². The Balaban J connectivity index is 0.00000241. The third kappa shape index (κ3) is 3.85. The van der Waals surface area contributed by atoms with Crippen LogP contribution in [0.1, 0.15) is 29.6 Å². The van der Waals surface area contributed by atoms with E-state index < -0.39 is 12.1 Å². The standard InChI is InChI=1S/C25H28N6O2.ClH/c1-29-20-7-6-17(25(33)30-10-8-22(32)18(26)14-30)11-19(20)28-24(29)21-12-16-3-2-9-27-23(16)31(21)13-15-4-5-15;/h2-3,6-7,9,11-12,15,18,22,32H,4-5,8,10,13-14,26H2,1H3;1H/t18-,22+;/m0./s1. The van der Waals surface area contributed by atoms with Crippen molar-refractivity contribution in [3.8, 4) is 11.5 Å². The Kier molecular flexibility index (Phi) is 5.83. The minimum absolute atomic E-state index is 0. The van der Waals surface area contributed by atoms with E-state index >= 15 is 0 Å². The highest BCUT2D eigenvalue weighted by Crippen LogP contribution is 2.36. The van der Waals surface area contributed by atoms with Crippen LogP contribution in [0.5, 0.6) is 0 Å². The molecular weight excluding hydrogens is 452 g/mol. The first-order chi connectivity index (χ1) is 16.0. The van der Waals surface area contributed by atoms with Crippen LogP contribution in [0.25, 0.3) is 33.6 Å². The first-order valence-electron chi connectivity index (χ1n) is 11.6. The normalized spacial score (nSPS) is 20.6. The van der Waals surface area contributed by atoms with Gasteiger partial charge in [0.1, 0.15) is 5.65 Å². The largest absolute Gasteiger partial charge is 0.391 e. The summed E-state index contributed by atoms with van der Waals surface area (Å²) in [6.45, 7) is 1.82. The number of piperidine rings is 1. The van der Waals surface area contributed by atoms with Crippen molar-refractivity contribution in [3.63, 3.8) is 0 Å². The summed E-state index contributed by atoms with van der Waals surface area (Å²) in [4.78, 5) is 24.4. The molecule has 1 aliphatic heterocycles. The van der Waals surface area contributed by atoms with Crippen molar-refractivity contribution in [3.05, 3.63) is 48.2 Å². The molecule has 1 aliphatic carbocycles. The molecule has 0 spiro atoms. The van der Waals surface area contributed by atoms with Gasteiger partial charge in [0.25, 0.3) is 5.91 Å². The van der Waals surface area contributed by atoms with Gasteiger partial charge in [-0.1, -0.05) is 0 Å². The monoisotopic (exact) mass is 480 g/mol. The van der Waals surface area contributed by atoms with Crippen molar-refractivity contribution in [2.75, 3.05) is 13.1 Å². The first kappa shape index (κ1) is 22.8. The maximum Gasteiger partial charge on any atom is 0.253 e. The van der Waals surface area contributed by atoms with Crippen LogP contribution in [0.15, 0.2) is 42.6 Å². The van der Waals surface area contributed by atoms with E-state index in [4.69, 9.17) is 10.7 Å². The maximum atomic E-state index is 13.1. The topological polar surface area (TPSA) is 102 Å². The zero-order valence-corrected chi connectivity index (χ0v) is 19.9. The minimum atomic E-state index is -0.549. The second-order valence-electron chi connectivity index (χ2n) is 9.47. The van der Waals surface area contributed by atoms with Gasteiger partial charge >= 0.3 is 0 Å². The fraction of sp³-hybridized carbons (Fsp3) is 0.400. The van der Waals surface area contributed by atoms with Crippen LogP contribution in [-0.4, -0.2) is 60.3 Å². The molecule has 1 saturated carbocycles. The van der Waals surface area contributed by atoms with Crippen LogP contribution in [-0.2, 0) is 13.6 Å². The average Bonchev–Trinajstić information content (AvgIpc) is 3.49. The van der Waals surface area contributed by atoms with Gasteiger partial charge in [0.05, 0.1) is 22.8 Å². The van der Waals surface area contributed by atoms with Crippen LogP contribution >= 0.6 is 12.4 Å². The molecule has 3 aromatic heterocycles. The number of amides is 1. The summed E-state index contributed by atoms with van der Waals surface area (Å²) in [7, 11) is 2.02. The molecule has 1 saturated heterocycles. The molecule has 6 rings (SSSR count). The second kappa shape index (κ2) is 8.69. The van der Waals surface area contributed by atoms with E-state index in [1.54, 1.807) is 4.90 Å². The van der Waals surface area contributed by atoms with Crippen molar-refractivity contribution >= 4 is 40.4 Å². The van der Waals surface area contributed by atoms with Crippen LogP contribution in [0.4, 0.5) is 0 Å². The highest BCUT2D eigenvalue weighted by Gasteiger charge is 2.29. The SMILES string of the molecule is Cl.Cn1c(-c2cc3cccnc3n2CC2CC2)nc2cc(C(=O)N3CC[C@@H](O)[C@@H](N)C3)ccc21. The molecule has 1 aromatic carbocycles. The molecule has 4 aromatic rings. The van der Waals surface area contributed by atoms with Gasteiger partial charge in [-0.15, -0.1) is 12.4 Å². The fourth-order valence-electron chi connectivity index (χ4n) is 4.91. The summed E-state index contributed by atoms with van der Waals surface area (Å²) < 4.78 is 4.38. The van der Waals surface area contributed by atoms with Gasteiger partial charge in [-0.2, -0.15) is 0 Å². The van der Waals surface area contributed by atoms with E-state index in [9.17, 15) is 9.90 Å². The number of imidazole rings is 1. The van der Waals surface area contributed by atoms with E-state index in [2.05, 4.69) is 26.3 Å². The van der Waals surface area contributed by atoms with E-state index in [0.717, 1.165) is 40.1 Å². The van der Waals surface area contributed by atoms with Gasteiger partial charge in [-0.3, -0.25) is 4.79 Å². The Bertz CT molecular complexity index is 1370. The lowest BCUT2D eigenvalue weighted by molar-refractivity contribution is 0.0459. The van der Waals surface area contributed by atoms with Gasteiger partial charge in [0.15, 0.2) is 5.82 Å². The quantitative estimate of drug-likeness (QED) is 0.467. The highest BCUT2D eigenvalue weighted by molar-refractivity contribution is 5.98. The van der Waals surface area contributed by atoms with E-state index in [1.807, 2.05) is 37.5 Å². The number of nitrogens with two attached hydrogens (primary N) is 1. The van der Waals surface area contributed by atoms with E-state index in [0.29, 0.717) is 31.0 Å². The number of hydrogen-bond donors (Lipinski definition) is 2. The predicted octanol–water partition coefficient (Wildman–Crippen LogP) is 2.96. The maximum absolute atomic E-state index is 13.1. The van der Waals surface area contributed by atoms with Crippen LogP contribution in [0, 0.1) is 5.92 Å². The van der Waals surface area contributed by atoms with Crippen LogP contribution in [0.2, 0.25) is 0 Å². The Labute approximate surface area is 203 Å². The summed E-state index contributed by atoms with van der Waals surface area (Å²) in [5.41, 5.74) is 10.4. The molecular formula is C25H29ClN6O2. The number of carbonyl (C=O) groups excluding carboxylic acids is 1. The number of aryl methyl sites for hydroxylation is 1. The zero-order chi connectivity index (χ0) is 22.7. The lowest BCUT2D eigenvalue weighted by Crippen LogP contribution is -2.53. The number of pyridine rings is 1. The number of fused-ring (bicyclic) bond motifs is 2. The van der Waals surface area contributed by atoms with E-state index in [1.165, 1.54) is 12.8 Å². The lowest BCUT2D eigenvalue weighted by Gasteiger charge is -2.34. The number of aliphatic hydroxyl groups excluding tert-OH is 1. The summed E-state index contributed by atoms with van der Waals surface area (Å²) in [5, 5.41) is 11.0. The summed E-state index contributed by atoms with van der Waals surface area (Å²) in [6.07, 6.45) is 4.32. The van der Waals surface area contributed by atoms with Gasteiger partial charge < -0.3 is 24.9 Å². The number of carbonyl (C=O) groups is 1. The minimum Gasteiger partial charge on any atom is -0.391 e. The molecule has 178 valence electrons. The molecule has 4 heterocycles. The van der Waals surface area contributed by atoms with Gasteiger partial charge in [0.2, 0.25) is 0 Å². The van der Waals surface area contributed by atoms with Crippen LogP contribution in [0.3, 0.4) is 0 Å². The second-order valence-corrected chi connectivity index (χ2v) is 9.47. The Morgan fingerprint density at radius 1 is 1.21 bits per heavy atom. The molecule has 2 aliphatic rings. The van der Waals surface area contributed by atoms with Gasteiger partial charge in [0, 0.05) is 49.9 Å². The third-order valence-electron chi connectivity index (χ3n) is 7.06. The summed E-state index contributed by atoms with van der Waals surface area (Å²) in [6, 6.07) is 11.5. The molecule has 2 fully saturated rings. The smallest absolute Gasteiger partial charge is 0.253 e. The van der Waals surface area contributed by atoms with Crippen LogP contribution < -0.4 is 5.73 Å². The Hall–Kier alpha value is -2.94. The van der Waals surface area contributed by atoms with Crippen molar-refractivity contribution in [2.24, 2.45) is 18.7 Å². The third-order valence-corrected chi connectivity index (χ3v) is 7.06. The molecule has 8 nitrogen and oxygen atoms in total. The average molecular weight is 481 g/mol. The number of aliphatic hydroxyl groups is 1. The van der Waals surface area contributed by atoms with Gasteiger partial charge in [-0.25, -0.2) is 9.97 Å². The van der Waals surface area contributed by atoms with Crippen molar-refractivity contribution in [2.45, 2.75) is 38.0 Å². The predicted molar refractivity (Wildman–Crippen MR) is 134 cm³/mol. The number of benzene rings is 1. The molecule has 34 heavy (non-hydrogen) atoms. The van der Waals surface area contributed by atoms with Crippen molar-refractivity contribution < 1.29 is 9.90 Å². The molecule has 9 heteroatoms. The fourth-order valence-corrected chi connectivity index (χ4v) is 4.91. The van der Waals surface area contributed by atoms with Gasteiger partial charge in [-0.05, 0) is 61.6 Å². The first-order valence-corrected chi connectivity index (χ1v) is 11.6. The lowest BCUT2D eigenvalue weighted by atomic mass is 10.0. The van der Waals surface area contributed by atoms with E-state index in [-0.39, 0.29) is 18.3 Å².